The first kappa shape index (κ1) is 14.6. The second-order valence-electron chi connectivity index (χ2n) is 5.28. The van der Waals surface area contributed by atoms with Gasteiger partial charge in [-0.2, -0.15) is 0 Å². The monoisotopic (exact) mass is 279 g/mol. The molecule has 6 heteroatoms. The standard InChI is InChI=1S/C14H21N3O3/c1-10(2)20-14-8-11(5-6-13(14)17(18)19)16-9-12-4-3-7-15-12/h5-6,8,10,12,15-16H,3-4,7,9H2,1-2H3. The summed E-state index contributed by atoms with van der Waals surface area (Å²) in [6, 6.07) is 5.38. The predicted octanol–water partition coefficient (Wildman–Crippen LogP) is 2.55. The topological polar surface area (TPSA) is 76.4 Å². The second-order valence-corrected chi connectivity index (χ2v) is 5.28. The van der Waals surface area contributed by atoms with Crippen LogP contribution in [0.4, 0.5) is 11.4 Å². The number of nitrogens with zero attached hydrogens (tertiary/aromatic N) is 1. The molecule has 1 fully saturated rings. The minimum atomic E-state index is -0.417. The highest BCUT2D eigenvalue weighted by molar-refractivity contribution is 5.58. The molecule has 20 heavy (non-hydrogen) atoms. The molecule has 0 spiro atoms. The lowest BCUT2D eigenvalue weighted by molar-refractivity contribution is -0.386. The molecule has 1 heterocycles. The van der Waals surface area contributed by atoms with Gasteiger partial charge in [0.15, 0.2) is 5.75 Å². The molecule has 1 aliphatic heterocycles. The van der Waals surface area contributed by atoms with E-state index < -0.39 is 4.92 Å². The molecule has 1 saturated heterocycles. The van der Waals surface area contributed by atoms with Gasteiger partial charge in [0.05, 0.1) is 11.0 Å². The summed E-state index contributed by atoms with van der Waals surface area (Å²) in [5.74, 6) is 0.314. The molecule has 6 nitrogen and oxygen atoms in total. The smallest absolute Gasteiger partial charge is 0.311 e. The summed E-state index contributed by atoms with van der Waals surface area (Å²) in [5.41, 5.74) is 0.850. The molecule has 0 bridgehead atoms. The second kappa shape index (κ2) is 6.56. The molecule has 1 aromatic rings. The van der Waals surface area contributed by atoms with E-state index in [0.717, 1.165) is 25.2 Å². The summed E-state index contributed by atoms with van der Waals surface area (Å²) in [6.45, 7) is 5.59. The molecule has 2 N–H and O–H groups in total. The maximum Gasteiger partial charge on any atom is 0.311 e. The van der Waals surface area contributed by atoms with Gasteiger partial charge < -0.3 is 15.4 Å². The van der Waals surface area contributed by atoms with E-state index in [-0.39, 0.29) is 11.8 Å². The van der Waals surface area contributed by atoms with Crippen LogP contribution in [0.1, 0.15) is 26.7 Å². The number of hydrogen-bond acceptors (Lipinski definition) is 5. The highest BCUT2D eigenvalue weighted by Crippen LogP contribution is 2.31. The van der Waals surface area contributed by atoms with Crippen LogP contribution in [0.2, 0.25) is 0 Å². The number of nitro benzene ring substituents is 1. The average molecular weight is 279 g/mol. The molecule has 1 atom stereocenters. The fraction of sp³-hybridized carbons (Fsp3) is 0.571. The van der Waals surface area contributed by atoms with E-state index in [4.69, 9.17) is 4.74 Å². The summed E-state index contributed by atoms with van der Waals surface area (Å²) in [6.07, 6.45) is 2.27. The Labute approximate surface area is 118 Å². The molecule has 0 aromatic heterocycles. The maximum atomic E-state index is 11.0. The Morgan fingerprint density at radius 2 is 2.35 bits per heavy atom. The van der Waals surface area contributed by atoms with Crippen LogP contribution in [0, 0.1) is 10.1 Å². The summed E-state index contributed by atoms with van der Waals surface area (Å²) in [5, 5.41) is 17.7. The Bertz CT molecular complexity index is 471. The van der Waals surface area contributed by atoms with Crippen LogP contribution < -0.4 is 15.4 Å². The van der Waals surface area contributed by atoms with Crippen molar-refractivity contribution in [3.8, 4) is 5.75 Å². The van der Waals surface area contributed by atoms with Gasteiger partial charge in [0.2, 0.25) is 0 Å². The largest absolute Gasteiger partial charge is 0.484 e. The van der Waals surface area contributed by atoms with Crippen molar-refractivity contribution in [2.45, 2.75) is 38.8 Å². The van der Waals surface area contributed by atoms with Crippen molar-refractivity contribution in [3.63, 3.8) is 0 Å². The number of benzene rings is 1. The lowest BCUT2D eigenvalue weighted by atomic mass is 10.2. The van der Waals surface area contributed by atoms with Gasteiger partial charge in [0, 0.05) is 30.4 Å². The molecular formula is C14H21N3O3. The van der Waals surface area contributed by atoms with Crippen LogP contribution >= 0.6 is 0 Å². The number of rotatable bonds is 6. The van der Waals surface area contributed by atoms with E-state index in [1.807, 2.05) is 13.8 Å². The van der Waals surface area contributed by atoms with Gasteiger partial charge in [-0.15, -0.1) is 0 Å². The third-order valence-corrected chi connectivity index (χ3v) is 3.23. The molecular weight excluding hydrogens is 258 g/mol. The van der Waals surface area contributed by atoms with Gasteiger partial charge in [0.1, 0.15) is 0 Å². The van der Waals surface area contributed by atoms with Crippen molar-refractivity contribution in [2.75, 3.05) is 18.4 Å². The van der Waals surface area contributed by atoms with Crippen molar-refractivity contribution in [3.05, 3.63) is 28.3 Å². The number of hydrogen-bond donors (Lipinski definition) is 2. The zero-order valence-corrected chi connectivity index (χ0v) is 11.9. The molecule has 1 aromatic carbocycles. The Kier molecular flexibility index (Phi) is 4.79. The van der Waals surface area contributed by atoms with Gasteiger partial charge in [0.25, 0.3) is 0 Å². The van der Waals surface area contributed by atoms with Gasteiger partial charge in [-0.25, -0.2) is 0 Å². The SMILES string of the molecule is CC(C)Oc1cc(NCC2CCCN2)ccc1[N+](=O)[O-]. The quantitative estimate of drug-likeness (QED) is 0.618. The minimum absolute atomic E-state index is 0.00300. The molecule has 0 aliphatic carbocycles. The summed E-state index contributed by atoms with van der Waals surface area (Å²) >= 11 is 0. The number of ether oxygens (including phenoxy) is 1. The van der Waals surface area contributed by atoms with E-state index in [2.05, 4.69) is 10.6 Å². The van der Waals surface area contributed by atoms with E-state index in [0.29, 0.717) is 11.8 Å². The van der Waals surface area contributed by atoms with E-state index >= 15 is 0 Å². The zero-order valence-electron chi connectivity index (χ0n) is 11.9. The summed E-state index contributed by atoms with van der Waals surface area (Å²) in [7, 11) is 0. The fourth-order valence-corrected chi connectivity index (χ4v) is 2.30. The van der Waals surface area contributed by atoms with Crippen molar-refractivity contribution in [1.29, 1.82) is 0 Å². The van der Waals surface area contributed by atoms with Crippen molar-refractivity contribution >= 4 is 11.4 Å². The molecule has 0 radical (unpaired) electrons. The van der Waals surface area contributed by atoms with Gasteiger partial charge in [-0.05, 0) is 39.3 Å². The van der Waals surface area contributed by atoms with E-state index in [9.17, 15) is 10.1 Å². The Balaban J connectivity index is 2.07. The molecule has 1 unspecified atom stereocenters. The maximum absolute atomic E-state index is 11.0. The van der Waals surface area contributed by atoms with Gasteiger partial charge in [-0.3, -0.25) is 10.1 Å². The number of nitro groups is 1. The minimum Gasteiger partial charge on any atom is -0.484 e. The normalized spacial score (nSPS) is 18.2. The molecule has 0 saturated carbocycles. The number of anilines is 1. The van der Waals surface area contributed by atoms with Crippen molar-refractivity contribution in [2.24, 2.45) is 0 Å². The first-order valence-corrected chi connectivity index (χ1v) is 6.98. The molecule has 110 valence electrons. The van der Waals surface area contributed by atoms with Crippen LogP contribution in [0.15, 0.2) is 18.2 Å². The number of nitrogens with one attached hydrogen (secondary N) is 2. The Hall–Kier alpha value is -1.82. The van der Waals surface area contributed by atoms with Crippen LogP contribution in [-0.4, -0.2) is 30.2 Å². The van der Waals surface area contributed by atoms with Crippen LogP contribution in [0.25, 0.3) is 0 Å². The highest BCUT2D eigenvalue weighted by atomic mass is 16.6. The average Bonchev–Trinajstić information content (AvgIpc) is 2.88. The van der Waals surface area contributed by atoms with Gasteiger partial charge >= 0.3 is 5.69 Å². The molecule has 1 aliphatic rings. The molecule has 0 amide bonds. The van der Waals surface area contributed by atoms with Crippen LogP contribution in [-0.2, 0) is 0 Å². The first-order chi connectivity index (χ1) is 9.56. The van der Waals surface area contributed by atoms with E-state index in [1.54, 1.807) is 12.1 Å². The lowest BCUT2D eigenvalue weighted by Gasteiger charge is -2.15. The Morgan fingerprint density at radius 1 is 1.55 bits per heavy atom. The van der Waals surface area contributed by atoms with Crippen molar-refractivity contribution in [1.82, 2.24) is 5.32 Å². The highest BCUT2D eigenvalue weighted by Gasteiger charge is 2.18. The lowest BCUT2D eigenvalue weighted by Crippen LogP contribution is -2.29. The van der Waals surface area contributed by atoms with Crippen LogP contribution in [0.5, 0.6) is 5.75 Å². The van der Waals surface area contributed by atoms with Gasteiger partial charge in [-0.1, -0.05) is 0 Å². The third-order valence-electron chi connectivity index (χ3n) is 3.23. The van der Waals surface area contributed by atoms with E-state index in [1.165, 1.54) is 12.5 Å². The molecule has 2 rings (SSSR count). The third kappa shape index (κ3) is 3.84. The van der Waals surface area contributed by atoms with Crippen molar-refractivity contribution < 1.29 is 9.66 Å². The fourth-order valence-electron chi connectivity index (χ4n) is 2.30. The zero-order chi connectivity index (χ0) is 14.5. The van der Waals surface area contributed by atoms with Crippen LogP contribution in [0.3, 0.4) is 0 Å². The summed E-state index contributed by atoms with van der Waals surface area (Å²) < 4.78 is 5.52. The predicted molar refractivity (Wildman–Crippen MR) is 78.4 cm³/mol. The summed E-state index contributed by atoms with van der Waals surface area (Å²) in [4.78, 5) is 10.6. The first-order valence-electron chi connectivity index (χ1n) is 6.98. The Morgan fingerprint density at radius 3 is 2.95 bits per heavy atom.